The number of aromatic nitrogens is 4. The van der Waals surface area contributed by atoms with Gasteiger partial charge >= 0.3 is 5.97 Å². The normalized spacial score (nSPS) is 11.2. The molecule has 0 radical (unpaired) electrons. The Labute approximate surface area is 148 Å². The average Bonchev–Trinajstić information content (AvgIpc) is 3.18. The number of aryl methyl sites for hydroxylation is 2. The smallest absolute Gasteiger partial charge is 0.331 e. The third-order valence-electron chi connectivity index (χ3n) is 3.42. The third-order valence-corrected chi connectivity index (χ3v) is 3.87. The first-order valence-corrected chi connectivity index (χ1v) is 7.84. The maximum Gasteiger partial charge on any atom is 0.331 e. The van der Waals surface area contributed by atoms with Crippen molar-refractivity contribution in [3.8, 4) is 11.4 Å². The lowest BCUT2D eigenvalue weighted by Gasteiger charge is -1.97. The highest BCUT2D eigenvalue weighted by Crippen LogP contribution is 2.20. The zero-order valence-electron chi connectivity index (χ0n) is 13.6. The van der Waals surface area contributed by atoms with E-state index in [0.717, 1.165) is 11.3 Å². The summed E-state index contributed by atoms with van der Waals surface area (Å²) >= 11 is 6.10. The van der Waals surface area contributed by atoms with Crippen LogP contribution in [0.5, 0.6) is 0 Å². The molecule has 3 rings (SSSR count). The van der Waals surface area contributed by atoms with Gasteiger partial charge in [0, 0.05) is 24.3 Å². The zero-order valence-corrected chi connectivity index (χ0v) is 14.4. The van der Waals surface area contributed by atoms with Crippen molar-refractivity contribution in [1.82, 2.24) is 19.9 Å². The summed E-state index contributed by atoms with van der Waals surface area (Å²) in [6, 6.07) is 9.38. The molecule has 0 bridgehead atoms. The van der Waals surface area contributed by atoms with Crippen LogP contribution in [0.1, 0.15) is 17.1 Å². The van der Waals surface area contributed by atoms with Gasteiger partial charge in [-0.2, -0.15) is 10.1 Å². The molecule has 0 saturated carbocycles. The van der Waals surface area contributed by atoms with Crippen LogP contribution in [0.25, 0.3) is 17.5 Å². The lowest BCUT2D eigenvalue weighted by Crippen LogP contribution is -2.01. The van der Waals surface area contributed by atoms with Crippen LogP contribution in [0.2, 0.25) is 5.15 Å². The Morgan fingerprint density at radius 2 is 2.12 bits per heavy atom. The molecule has 0 fully saturated rings. The van der Waals surface area contributed by atoms with Crippen LogP contribution in [-0.4, -0.2) is 25.9 Å². The van der Waals surface area contributed by atoms with Gasteiger partial charge in [0.1, 0.15) is 5.15 Å². The second-order valence-corrected chi connectivity index (χ2v) is 5.59. The number of carbonyl (C=O) groups is 1. The second-order valence-electron chi connectivity index (χ2n) is 5.23. The number of hydrogen-bond acceptors (Lipinski definition) is 6. The van der Waals surface area contributed by atoms with Gasteiger partial charge in [0.2, 0.25) is 5.82 Å². The molecule has 0 aliphatic rings. The van der Waals surface area contributed by atoms with E-state index in [1.165, 1.54) is 10.8 Å². The number of hydrogen-bond donors (Lipinski definition) is 0. The van der Waals surface area contributed by atoms with Crippen molar-refractivity contribution in [3.05, 3.63) is 58.7 Å². The van der Waals surface area contributed by atoms with Crippen molar-refractivity contribution >= 4 is 23.6 Å². The molecule has 128 valence electrons. The molecule has 0 aliphatic carbocycles. The van der Waals surface area contributed by atoms with E-state index in [-0.39, 0.29) is 12.5 Å². The number of rotatable bonds is 5. The minimum absolute atomic E-state index is 0.108. The van der Waals surface area contributed by atoms with E-state index >= 15 is 0 Å². The van der Waals surface area contributed by atoms with Crippen molar-refractivity contribution in [2.75, 3.05) is 0 Å². The molecule has 0 atom stereocenters. The van der Waals surface area contributed by atoms with Gasteiger partial charge in [-0.25, -0.2) is 4.79 Å². The first-order chi connectivity index (χ1) is 12.0. The summed E-state index contributed by atoms with van der Waals surface area (Å²) in [5, 5.41) is 8.47. The Kier molecular flexibility index (Phi) is 4.95. The van der Waals surface area contributed by atoms with E-state index in [0.29, 0.717) is 16.5 Å². The molecule has 0 amide bonds. The van der Waals surface area contributed by atoms with Crippen molar-refractivity contribution in [3.63, 3.8) is 0 Å². The minimum Gasteiger partial charge on any atom is -0.452 e. The lowest BCUT2D eigenvalue weighted by atomic mass is 10.2. The van der Waals surface area contributed by atoms with Crippen molar-refractivity contribution < 1.29 is 14.1 Å². The molecule has 3 aromatic rings. The van der Waals surface area contributed by atoms with E-state index < -0.39 is 5.97 Å². The van der Waals surface area contributed by atoms with Gasteiger partial charge in [0.05, 0.1) is 5.69 Å². The van der Waals surface area contributed by atoms with Gasteiger partial charge in [-0.1, -0.05) is 47.1 Å². The molecule has 0 saturated heterocycles. The second kappa shape index (κ2) is 7.31. The summed E-state index contributed by atoms with van der Waals surface area (Å²) in [4.78, 5) is 16.0. The Morgan fingerprint density at radius 3 is 2.80 bits per heavy atom. The highest BCUT2D eigenvalue weighted by molar-refractivity contribution is 6.31. The van der Waals surface area contributed by atoms with Crippen molar-refractivity contribution in [1.29, 1.82) is 0 Å². The van der Waals surface area contributed by atoms with E-state index in [1.54, 1.807) is 20.0 Å². The van der Waals surface area contributed by atoms with Crippen LogP contribution in [-0.2, 0) is 23.2 Å². The Hall–Kier alpha value is -2.93. The number of carbonyl (C=O) groups excluding carboxylic acids is 1. The van der Waals surface area contributed by atoms with Gasteiger partial charge in [0.25, 0.3) is 5.89 Å². The molecule has 0 N–H and O–H groups in total. The van der Waals surface area contributed by atoms with Crippen LogP contribution >= 0.6 is 11.6 Å². The topological polar surface area (TPSA) is 83.0 Å². The highest BCUT2D eigenvalue weighted by atomic mass is 35.5. The predicted molar refractivity (Wildman–Crippen MR) is 91.5 cm³/mol. The molecule has 2 aromatic heterocycles. The summed E-state index contributed by atoms with van der Waals surface area (Å²) < 4.78 is 11.7. The summed E-state index contributed by atoms with van der Waals surface area (Å²) in [6.45, 7) is 1.70. The fourth-order valence-corrected chi connectivity index (χ4v) is 2.42. The predicted octanol–water partition coefficient (Wildman–Crippen LogP) is 3.19. The number of ether oxygens (including phenoxy) is 1. The minimum atomic E-state index is -0.543. The Morgan fingerprint density at radius 1 is 1.36 bits per heavy atom. The fourth-order valence-electron chi connectivity index (χ4n) is 2.19. The van der Waals surface area contributed by atoms with E-state index in [1.807, 2.05) is 30.3 Å². The van der Waals surface area contributed by atoms with Gasteiger partial charge < -0.3 is 9.26 Å². The molecule has 1 aromatic carbocycles. The molecular weight excluding hydrogens is 344 g/mol. The molecule has 0 aliphatic heterocycles. The van der Waals surface area contributed by atoms with Crippen LogP contribution < -0.4 is 0 Å². The SMILES string of the molecule is Cc1nn(C)c(Cl)c1C=CC(=O)OCc1nc(-c2ccccc2)no1. The lowest BCUT2D eigenvalue weighted by molar-refractivity contribution is -0.139. The van der Waals surface area contributed by atoms with E-state index in [2.05, 4.69) is 15.2 Å². The highest BCUT2D eigenvalue weighted by Gasteiger charge is 2.11. The van der Waals surface area contributed by atoms with Crippen LogP contribution in [0.3, 0.4) is 0 Å². The van der Waals surface area contributed by atoms with E-state index in [4.69, 9.17) is 20.9 Å². The standard InChI is InChI=1S/C17H15ClN4O3/c1-11-13(16(18)22(2)20-11)8-9-15(23)24-10-14-19-17(21-25-14)12-6-4-3-5-7-12/h3-9H,10H2,1-2H3. The van der Waals surface area contributed by atoms with Gasteiger partial charge in [0.15, 0.2) is 6.61 Å². The first-order valence-electron chi connectivity index (χ1n) is 7.46. The molecule has 0 unspecified atom stereocenters. The number of esters is 1. The van der Waals surface area contributed by atoms with Crippen LogP contribution in [0, 0.1) is 6.92 Å². The monoisotopic (exact) mass is 358 g/mol. The molecule has 2 heterocycles. The molecule has 0 spiro atoms. The van der Waals surface area contributed by atoms with Gasteiger partial charge in [-0.15, -0.1) is 0 Å². The van der Waals surface area contributed by atoms with Crippen LogP contribution in [0.15, 0.2) is 40.9 Å². The van der Waals surface area contributed by atoms with Crippen LogP contribution in [0.4, 0.5) is 0 Å². The summed E-state index contributed by atoms with van der Waals surface area (Å²) in [5.41, 5.74) is 2.22. The first kappa shape index (κ1) is 16.9. The Balaban J connectivity index is 1.59. The molecule has 25 heavy (non-hydrogen) atoms. The average molecular weight is 359 g/mol. The number of nitrogens with zero attached hydrogens (tertiary/aromatic N) is 4. The molecule has 8 heteroatoms. The maximum absolute atomic E-state index is 11.8. The number of benzene rings is 1. The zero-order chi connectivity index (χ0) is 17.8. The largest absolute Gasteiger partial charge is 0.452 e. The molecular formula is C17H15ClN4O3. The van der Waals surface area contributed by atoms with Crippen molar-refractivity contribution in [2.45, 2.75) is 13.5 Å². The quantitative estimate of drug-likeness (QED) is 0.514. The number of halogens is 1. The van der Waals surface area contributed by atoms with E-state index in [9.17, 15) is 4.79 Å². The summed E-state index contributed by atoms with van der Waals surface area (Å²) in [5.74, 6) is 0.120. The van der Waals surface area contributed by atoms with Crippen molar-refractivity contribution in [2.24, 2.45) is 7.05 Å². The maximum atomic E-state index is 11.8. The fraction of sp³-hybridized carbons (Fsp3) is 0.176. The van der Waals surface area contributed by atoms with Gasteiger partial charge in [-0.3, -0.25) is 4.68 Å². The summed E-state index contributed by atoms with van der Waals surface area (Å²) in [6.07, 6.45) is 2.85. The Bertz CT molecular complexity index is 915. The third kappa shape index (κ3) is 3.95. The summed E-state index contributed by atoms with van der Waals surface area (Å²) in [7, 11) is 1.73. The molecule has 7 nitrogen and oxygen atoms in total. The van der Waals surface area contributed by atoms with Gasteiger partial charge in [-0.05, 0) is 13.0 Å².